The second kappa shape index (κ2) is 7.93. The molecule has 0 amide bonds. The van der Waals surface area contributed by atoms with Gasteiger partial charge in [0.1, 0.15) is 0 Å². The highest BCUT2D eigenvalue weighted by atomic mass is 16.3. The molecular formula is C18H23NO2. The third-order valence-corrected chi connectivity index (χ3v) is 3.70. The van der Waals surface area contributed by atoms with Gasteiger partial charge in [-0.1, -0.05) is 48.5 Å². The van der Waals surface area contributed by atoms with Gasteiger partial charge < -0.3 is 15.5 Å². The Bertz CT molecular complexity index is 551. The average molecular weight is 285 g/mol. The summed E-state index contributed by atoms with van der Waals surface area (Å²) < 4.78 is 0. The molecule has 0 aliphatic rings. The Kier molecular flexibility index (Phi) is 5.93. The number of aliphatic hydroxyl groups excluding tert-OH is 2. The van der Waals surface area contributed by atoms with Crippen molar-refractivity contribution in [1.82, 2.24) is 5.32 Å². The van der Waals surface area contributed by atoms with Gasteiger partial charge in [-0.25, -0.2) is 0 Å². The average Bonchev–Trinajstić information content (AvgIpc) is 2.55. The van der Waals surface area contributed by atoms with Crippen LogP contribution in [-0.2, 0) is 19.6 Å². The van der Waals surface area contributed by atoms with E-state index in [-0.39, 0.29) is 19.3 Å². The highest BCUT2D eigenvalue weighted by Gasteiger charge is 2.05. The first-order valence-corrected chi connectivity index (χ1v) is 7.34. The Morgan fingerprint density at radius 3 is 2.24 bits per heavy atom. The molecule has 0 saturated carbocycles. The van der Waals surface area contributed by atoms with Gasteiger partial charge in [-0.05, 0) is 42.1 Å². The van der Waals surface area contributed by atoms with E-state index in [1.165, 1.54) is 11.1 Å². The molecule has 0 heterocycles. The lowest BCUT2D eigenvalue weighted by Gasteiger charge is -2.15. The normalized spacial score (nSPS) is 12.3. The first-order valence-electron chi connectivity index (χ1n) is 7.34. The van der Waals surface area contributed by atoms with Crippen LogP contribution in [0.3, 0.4) is 0 Å². The first kappa shape index (κ1) is 15.7. The Balaban J connectivity index is 1.84. The minimum absolute atomic E-state index is 0.0811. The fraction of sp³-hybridized carbons (Fsp3) is 0.333. The summed E-state index contributed by atoms with van der Waals surface area (Å²) in [4.78, 5) is 0. The minimum Gasteiger partial charge on any atom is -0.392 e. The fourth-order valence-electron chi connectivity index (χ4n) is 2.32. The number of rotatable bonds is 7. The summed E-state index contributed by atoms with van der Waals surface area (Å²) in [6.45, 7) is 3.20. The highest BCUT2D eigenvalue weighted by Crippen LogP contribution is 2.14. The lowest BCUT2D eigenvalue weighted by molar-refractivity contribution is 0.281. The van der Waals surface area contributed by atoms with Crippen LogP contribution in [0, 0.1) is 0 Å². The molecule has 1 unspecified atom stereocenters. The van der Waals surface area contributed by atoms with Crippen LogP contribution >= 0.6 is 0 Å². The van der Waals surface area contributed by atoms with E-state index in [9.17, 15) is 5.11 Å². The number of benzene rings is 2. The van der Waals surface area contributed by atoms with Gasteiger partial charge in [-0.3, -0.25) is 0 Å². The molecule has 0 aliphatic carbocycles. The summed E-state index contributed by atoms with van der Waals surface area (Å²) in [5.74, 6) is 0. The van der Waals surface area contributed by atoms with E-state index in [1.807, 2.05) is 30.3 Å². The Hall–Kier alpha value is -1.68. The SMILES string of the molecule is CC(NCCc1ccc(CO)cc1)c1cccc(CO)c1. The molecule has 1 atom stereocenters. The third-order valence-electron chi connectivity index (χ3n) is 3.70. The first-order chi connectivity index (χ1) is 10.2. The maximum atomic E-state index is 9.17. The van der Waals surface area contributed by atoms with Gasteiger partial charge in [-0.15, -0.1) is 0 Å². The zero-order valence-corrected chi connectivity index (χ0v) is 12.4. The molecule has 2 aromatic rings. The van der Waals surface area contributed by atoms with Crippen molar-refractivity contribution in [3.63, 3.8) is 0 Å². The number of aliphatic hydroxyl groups is 2. The highest BCUT2D eigenvalue weighted by molar-refractivity contribution is 5.25. The summed E-state index contributed by atoms with van der Waals surface area (Å²) in [7, 11) is 0. The molecule has 0 saturated heterocycles. The standard InChI is InChI=1S/C18H23NO2/c1-14(18-4-2-3-17(11-18)13-21)19-10-9-15-5-7-16(12-20)8-6-15/h2-8,11,14,19-21H,9-10,12-13H2,1H3. The van der Waals surface area contributed by atoms with Crippen molar-refractivity contribution in [3.05, 3.63) is 70.8 Å². The maximum Gasteiger partial charge on any atom is 0.0681 e. The molecule has 0 fully saturated rings. The zero-order chi connectivity index (χ0) is 15.1. The van der Waals surface area contributed by atoms with Crippen LogP contribution in [0.4, 0.5) is 0 Å². The van der Waals surface area contributed by atoms with E-state index in [0.717, 1.165) is 24.1 Å². The Labute approximate surface area is 126 Å². The quantitative estimate of drug-likeness (QED) is 0.733. The van der Waals surface area contributed by atoms with Crippen LogP contribution in [0.1, 0.15) is 35.2 Å². The fourth-order valence-corrected chi connectivity index (χ4v) is 2.32. The van der Waals surface area contributed by atoms with Gasteiger partial charge in [-0.2, -0.15) is 0 Å². The van der Waals surface area contributed by atoms with Gasteiger partial charge in [0.25, 0.3) is 0 Å². The van der Waals surface area contributed by atoms with E-state index >= 15 is 0 Å². The second-order valence-corrected chi connectivity index (χ2v) is 5.30. The van der Waals surface area contributed by atoms with Crippen molar-refractivity contribution in [3.8, 4) is 0 Å². The molecule has 0 spiro atoms. The van der Waals surface area contributed by atoms with Gasteiger partial charge in [0, 0.05) is 6.04 Å². The molecular weight excluding hydrogens is 262 g/mol. The van der Waals surface area contributed by atoms with Crippen LogP contribution in [0.15, 0.2) is 48.5 Å². The van der Waals surface area contributed by atoms with Gasteiger partial charge in [0.15, 0.2) is 0 Å². The minimum atomic E-state index is 0.0811. The predicted octanol–water partition coefficient (Wildman–Crippen LogP) is 2.56. The van der Waals surface area contributed by atoms with Crippen LogP contribution in [0.5, 0.6) is 0 Å². The molecule has 0 aliphatic heterocycles. The smallest absolute Gasteiger partial charge is 0.0681 e. The molecule has 2 aromatic carbocycles. The number of nitrogens with one attached hydrogen (secondary N) is 1. The van der Waals surface area contributed by atoms with Crippen molar-refractivity contribution < 1.29 is 10.2 Å². The molecule has 3 N–H and O–H groups in total. The van der Waals surface area contributed by atoms with Crippen molar-refractivity contribution in [2.45, 2.75) is 32.6 Å². The predicted molar refractivity (Wildman–Crippen MR) is 84.9 cm³/mol. The summed E-state index contributed by atoms with van der Waals surface area (Å²) in [5.41, 5.74) is 4.34. The Morgan fingerprint density at radius 1 is 0.905 bits per heavy atom. The molecule has 0 aromatic heterocycles. The molecule has 112 valence electrons. The number of hydrogen-bond acceptors (Lipinski definition) is 3. The van der Waals surface area contributed by atoms with Crippen LogP contribution < -0.4 is 5.32 Å². The van der Waals surface area contributed by atoms with Crippen LogP contribution in [0.25, 0.3) is 0 Å². The van der Waals surface area contributed by atoms with E-state index in [1.54, 1.807) is 0 Å². The monoisotopic (exact) mass is 285 g/mol. The van der Waals surface area contributed by atoms with Crippen molar-refractivity contribution in [2.24, 2.45) is 0 Å². The Morgan fingerprint density at radius 2 is 1.57 bits per heavy atom. The van der Waals surface area contributed by atoms with Crippen molar-refractivity contribution in [1.29, 1.82) is 0 Å². The summed E-state index contributed by atoms with van der Waals surface area (Å²) >= 11 is 0. The second-order valence-electron chi connectivity index (χ2n) is 5.30. The van der Waals surface area contributed by atoms with E-state index in [2.05, 4.69) is 30.4 Å². The topological polar surface area (TPSA) is 52.5 Å². The van der Waals surface area contributed by atoms with E-state index < -0.39 is 0 Å². The molecule has 3 nitrogen and oxygen atoms in total. The van der Waals surface area contributed by atoms with Gasteiger partial charge in [0.2, 0.25) is 0 Å². The zero-order valence-electron chi connectivity index (χ0n) is 12.4. The van der Waals surface area contributed by atoms with Crippen molar-refractivity contribution in [2.75, 3.05) is 6.54 Å². The molecule has 0 radical (unpaired) electrons. The van der Waals surface area contributed by atoms with Gasteiger partial charge in [0.05, 0.1) is 13.2 Å². The van der Waals surface area contributed by atoms with E-state index in [0.29, 0.717) is 0 Å². The maximum absolute atomic E-state index is 9.17. The lowest BCUT2D eigenvalue weighted by atomic mass is 10.0. The third kappa shape index (κ3) is 4.67. The van der Waals surface area contributed by atoms with Crippen LogP contribution in [0.2, 0.25) is 0 Å². The lowest BCUT2D eigenvalue weighted by Crippen LogP contribution is -2.21. The summed E-state index contributed by atoms with van der Waals surface area (Å²) in [6, 6.07) is 16.3. The molecule has 0 bridgehead atoms. The summed E-state index contributed by atoms with van der Waals surface area (Å²) in [5, 5.41) is 21.7. The molecule has 3 heteroatoms. The molecule has 21 heavy (non-hydrogen) atoms. The van der Waals surface area contributed by atoms with Gasteiger partial charge >= 0.3 is 0 Å². The van der Waals surface area contributed by atoms with Crippen LogP contribution in [-0.4, -0.2) is 16.8 Å². The van der Waals surface area contributed by atoms with Crippen molar-refractivity contribution >= 4 is 0 Å². The molecule has 2 rings (SSSR count). The summed E-state index contributed by atoms with van der Waals surface area (Å²) in [6.07, 6.45) is 0.954. The number of hydrogen-bond donors (Lipinski definition) is 3. The largest absolute Gasteiger partial charge is 0.392 e. The van der Waals surface area contributed by atoms with E-state index in [4.69, 9.17) is 5.11 Å².